The summed E-state index contributed by atoms with van der Waals surface area (Å²) in [4.78, 5) is 0. The number of sulfonamides is 1. The zero-order chi connectivity index (χ0) is 11.9. The number of benzene rings is 1. The highest BCUT2D eigenvalue weighted by Gasteiger charge is 2.37. The quantitative estimate of drug-likeness (QED) is 0.770. The van der Waals surface area contributed by atoms with E-state index >= 15 is 0 Å². The minimum atomic E-state index is -3.24. The fraction of sp³-hybridized carbons (Fsp3) is 0.455. The maximum Gasteiger partial charge on any atom is 0.240 e. The molecular formula is C11H15N3O2S. The van der Waals surface area contributed by atoms with E-state index in [1.54, 1.807) is 4.31 Å². The predicted octanol–water partition coefficient (Wildman–Crippen LogP) is -0.145. The third-order valence-electron chi connectivity index (χ3n) is 3.36. The molecule has 1 saturated heterocycles. The molecule has 0 aliphatic carbocycles. The zero-order valence-corrected chi connectivity index (χ0v) is 10.2. The van der Waals surface area contributed by atoms with Crippen LogP contribution in [0.25, 0.3) is 0 Å². The third kappa shape index (κ3) is 1.72. The highest BCUT2D eigenvalue weighted by molar-refractivity contribution is 7.93. The van der Waals surface area contributed by atoms with Gasteiger partial charge in [-0.05, 0) is 18.1 Å². The molecule has 0 amide bonds. The second-order valence-corrected chi connectivity index (χ2v) is 6.52. The molecule has 1 aromatic rings. The van der Waals surface area contributed by atoms with E-state index in [0.717, 1.165) is 17.7 Å². The largest absolute Gasteiger partial charge is 0.269 e. The number of nitrogens with one attached hydrogen (secondary N) is 2. The lowest BCUT2D eigenvalue weighted by Gasteiger charge is -2.22. The lowest BCUT2D eigenvalue weighted by molar-refractivity contribution is 0.581. The predicted molar refractivity (Wildman–Crippen MR) is 66.2 cm³/mol. The Hall–Kier alpha value is -1.11. The molecule has 5 nitrogen and oxygen atoms in total. The van der Waals surface area contributed by atoms with Crippen molar-refractivity contribution in [3.8, 4) is 0 Å². The first-order chi connectivity index (χ1) is 8.19. The van der Waals surface area contributed by atoms with Gasteiger partial charge in [0, 0.05) is 19.6 Å². The Morgan fingerprint density at radius 2 is 1.88 bits per heavy atom. The Morgan fingerprint density at radius 1 is 1.18 bits per heavy atom. The Kier molecular flexibility index (Phi) is 2.57. The van der Waals surface area contributed by atoms with Crippen molar-refractivity contribution in [3.05, 3.63) is 29.8 Å². The van der Waals surface area contributed by atoms with Crippen molar-refractivity contribution < 1.29 is 8.42 Å². The van der Waals surface area contributed by atoms with Crippen molar-refractivity contribution in [2.24, 2.45) is 0 Å². The monoisotopic (exact) mass is 253 g/mol. The van der Waals surface area contributed by atoms with E-state index < -0.39 is 10.0 Å². The van der Waals surface area contributed by atoms with Crippen LogP contribution in [0.1, 0.15) is 5.56 Å². The van der Waals surface area contributed by atoms with Crippen LogP contribution in [0.15, 0.2) is 24.3 Å². The number of fused-ring (bicyclic) bond motifs is 1. The summed E-state index contributed by atoms with van der Waals surface area (Å²) in [6.45, 7) is 1.51. The average Bonchev–Trinajstić information content (AvgIpc) is 2.99. The van der Waals surface area contributed by atoms with E-state index in [2.05, 4.69) is 10.9 Å². The van der Waals surface area contributed by atoms with Gasteiger partial charge >= 0.3 is 0 Å². The van der Waals surface area contributed by atoms with Gasteiger partial charge in [0.25, 0.3) is 0 Å². The second-order valence-electron chi connectivity index (χ2n) is 4.38. The molecule has 2 N–H and O–H groups in total. The maximum absolute atomic E-state index is 12.4. The summed E-state index contributed by atoms with van der Waals surface area (Å²) in [5, 5.41) is -0.367. The summed E-state index contributed by atoms with van der Waals surface area (Å²) in [5.74, 6) is 0. The number of hydrogen-bond donors (Lipinski definition) is 2. The molecule has 3 rings (SSSR count). The van der Waals surface area contributed by atoms with Crippen LogP contribution in [0.2, 0.25) is 0 Å². The highest BCUT2D eigenvalue weighted by atomic mass is 32.2. The Balaban J connectivity index is 1.96. The number of para-hydroxylation sites is 1. The van der Waals surface area contributed by atoms with Crippen LogP contribution in [-0.2, 0) is 16.4 Å². The van der Waals surface area contributed by atoms with Gasteiger partial charge < -0.3 is 0 Å². The van der Waals surface area contributed by atoms with Gasteiger partial charge in [0.15, 0.2) is 0 Å². The number of anilines is 1. The topological polar surface area (TPSA) is 61.4 Å². The Labute approximate surface area is 101 Å². The standard InChI is InChI=1S/C11H15N3O2S/c15-17(16,10-7-12-13-8-10)14-6-5-9-3-1-2-4-11(9)14/h1-4,10,12-13H,5-8H2. The molecule has 0 atom stereocenters. The summed E-state index contributed by atoms with van der Waals surface area (Å²) in [6.07, 6.45) is 0.809. The molecule has 0 spiro atoms. The van der Waals surface area contributed by atoms with E-state index in [4.69, 9.17) is 0 Å². The zero-order valence-electron chi connectivity index (χ0n) is 9.39. The summed E-state index contributed by atoms with van der Waals surface area (Å²) in [6, 6.07) is 7.72. The Morgan fingerprint density at radius 3 is 2.65 bits per heavy atom. The van der Waals surface area contributed by atoms with Gasteiger partial charge in [0.2, 0.25) is 10.0 Å². The van der Waals surface area contributed by atoms with Crippen molar-refractivity contribution in [1.82, 2.24) is 10.9 Å². The number of rotatable bonds is 2. The molecule has 0 aromatic heterocycles. The number of hydrogen-bond acceptors (Lipinski definition) is 4. The second kappa shape index (κ2) is 3.97. The van der Waals surface area contributed by atoms with Gasteiger partial charge in [-0.15, -0.1) is 0 Å². The molecule has 2 aliphatic rings. The fourth-order valence-corrected chi connectivity index (χ4v) is 4.15. The highest BCUT2D eigenvalue weighted by Crippen LogP contribution is 2.31. The van der Waals surface area contributed by atoms with Crippen molar-refractivity contribution in [1.29, 1.82) is 0 Å². The van der Waals surface area contributed by atoms with Crippen LogP contribution in [0.4, 0.5) is 5.69 Å². The molecule has 0 radical (unpaired) electrons. The molecule has 0 saturated carbocycles. The van der Waals surface area contributed by atoms with Crippen LogP contribution in [0.5, 0.6) is 0 Å². The first-order valence-corrected chi connectivity index (χ1v) is 7.25. The van der Waals surface area contributed by atoms with Crippen molar-refractivity contribution in [3.63, 3.8) is 0 Å². The van der Waals surface area contributed by atoms with Crippen molar-refractivity contribution >= 4 is 15.7 Å². The smallest absolute Gasteiger partial charge is 0.240 e. The third-order valence-corrected chi connectivity index (χ3v) is 5.53. The summed E-state index contributed by atoms with van der Waals surface area (Å²) in [5.41, 5.74) is 7.71. The minimum Gasteiger partial charge on any atom is -0.269 e. The van der Waals surface area contributed by atoms with Gasteiger partial charge in [0.05, 0.1) is 5.69 Å². The van der Waals surface area contributed by atoms with Crippen LogP contribution < -0.4 is 15.2 Å². The lowest BCUT2D eigenvalue weighted by atomic mass is 10.2. The molecule has 1 fully saturated rings. The number of nitrogens with zero attached hydrogens (tertiary/aromatic N) is 1. The molecule has 0 bridgehead atoms. The van der Waals surface area contributed by atoms with Gasteiger partial charge in [-0.3, -0.25) is 15.2 Å². The minimum absolute atomic E-state index is 0.367. The van der Waals surface area contributed by atoms with Gasteiger partial charge in [-0.25, -0.2) is 8.42 Å². The van der Waals surface area contributed by atoms with Crippen molar-refractivity contribution in [2.45, 2.75) is 11.7 Å². The van der Waals surface area contributed by atoms with Crippen LogP contribution in [0, 0.1) is 0 Å². The molecule has 17 heavy (non-hydrogen) atoms. The first kappa shape index (κ1) is 11.0. The normalized spacial score (nSPS) is 20.8. The van der Waals surface area contributed by atoms with E-state index in [1.165, 1.54) is 0 Å². The summed E-state index contributed by atoms with van der Waals surface area (Å²) in [7, 11) is -3.24. The lowest BCUT2D eigenvalue weighted by Crippen LogP contribution is -2.40. The van der Waals surface area contributed by atoms with Gasteiger partial charge in [0.1, 0.15) is 5.25 Å². The Bertz CT molecular complexity index is 523. The summed E-state index contributed by atoms with van der Waals surface area (Å²) >= 11 is 0. The van der Waals surface area contributed by atoms with Gasteiger partial charge in [-0.1, -0.05) is 18.2 Å². The van der Waals surface area contributed by atoms with Gasteiger partial charge in [-0.2, -0.15) is 0 Å². The van der Waals surface area contributed by atoms with Crippen LogP contribution in [-0.4, -0.2) is 33.3 Å². The van der Waals surface area contributed by atoms with Crippen LogP contribution in [0.3, 0.4) is 0 Å². The molecule has 2 heterocycles. The summed E-state index contributed by atoms with van der Waals surface area (Å²) < 4.78 is 26.4. The SMILES string of the molecule is O=S(=O)(C1CNNC1)N1CCc2ccccc21. The fourth-order valence-electron chi connectivity index (χ4n) is 2.41. The van der Waals surface area contributed by atoms with E-state index in [9.17, 15) is 8.42 Å². The maximum atomic E-state index is 12.4. The first-order valence-electron chi connectivity index (χ1n) is 5.75. The molecule has 1 aromatic carbocycles. The average molecular weight is 253 g/mol. The van der Waals surface area contributed by atoms with Crippen molar-refractivity contribution in [2.75, 3.05) is 23.9 Å². The molecule has 6 heteroatoms. The number of hydrazine groups is 1. The molecule has 92 valence electrons. The van der Waals surface area contributed by atoms with Crippen LogP contribution >= 0.6 is 0 Å². The van der Waals surface area contributed by atoms with E-state index in [0.29, 0.717) is 19.6 Å². The molecule has 0 unspecified atom stereocenters. The molecule has 2 aliphatic heterocycles. The van der Waals surface area contributed by atoms with E-state index in [1.807, 2.05) is 24.3 Å². The van der Waals surface area contributed by atoms with E-state index in [-0.39, 0.29) is 5.25 Å². The molecular weight excluding hydrogens is 238 g/mol.